The lowest BCUT2D eigenvalue weighted by molar-refractivity contribution is -0.147. The third kappa shape index (κ3) is 7.38. The molecule has 158 valence electrons. The third-order valence-corrected chi connectivity index (χ3v) is 3.96. The summed E-state index contributed by atoms with van der Waals surface area (Å²) in [4.78, 5) is 47.0. The SMILES string of the molecule is CCOc1ccccc1NC(=O)COC(=O)CCC(=O)Nc1ccc(C(C)=O)cc1. The molecule has 0 aliphatic heterocycles. The van der Waals surface area contributed by atoms with Gasteiger partial charge in [0.15, 0.2) is 12.4 Å². The van der Waals surface area contributed by atoms with Crippen LogP contribution in [0.4, 0.5) is 11.4 Å². The number of nitrogens with one attached hydrogen (secondary N) is 2. The normalized spacial score (nSPS) is 10.1. The lowest BCUT2D eigenvalue weighted by atomic mass is 10.1. The Hall–Kier alpha value is -3.68. The number of hydrogen-bond donors (Lipinski definition) is 2. The van der Waals surface area contributed by atoms with Crippen LogP contribution in [-0.4, -0.2) is 36.8 Å². The second-order valence-electron chi connectivity index (χ2n) is 6.32. The fraction of sp³-hybridized carbons (Fsp3) is 0.273. The number of ether oxygens (including phenoxy) is 2. The molecular weight excluding hydrogens is 388 g/mol. The second kappa shape index (κ2) is 11.4. The predicted octanol–water partition coefficient (Wildman–Crippen LogP) is 3.19. The van der Waals surface area contributed by atoms with E-state index in [9.17, 15) is 19.2 Å². The molecule has 0 aliphatic carbocycles. The van der Waals surface area contributed by atoms with E-state index in [-0.39, 0.29) is 24.5 Å². The number of esters is 1. The number of ketones is 1. The van der Waals surface area contributed by atoms with Gasteiger partial charge in [0.1, 0.15) is 5.75 Å². The number of benzene rings is 2. The van der Waals surface area contributed by atoms with Gasteiger partial charge < -0.3 is 20.1 Å². The van der Waals surface area contributed by atoms with E-state index in [1.165, 1.54) is 6.92 Å². The Morgan fingerprint density at radius 2 is 1.57 bits per heavy atom. The average Bonchev–Trinajstić information content (AvgIpc) is 2.73. The van der Waals surface area contributed by atoms with E-state index >= 15 is 0 Å². The minimum Gasteiger partial charge on any atom is -0.492 e. The van der Waals surface area contributed by atoms with Crippen LogP contribution in [0.2, 0.25) is 0 Å². The molecule has 8 heteroatoms. The van der Waals surface area contributed by atoms with Crippen molar-refractivity contribution in [3.05, 3.63) is 54.1 Å². The molecule has 2 aromatic carbocycles. The Morgan fingerprint density at radius 3 is 2.23 bits per heavy atom. The number of Topliss-reactive ketones (excluding diaryl/α,β-unsaturated/α-hetero) is 1. The van der Waals surface area contributed by atoms with Gasteiger partial charge in [-0.2, -0.15) is 0 Å². The topological polar surface area (TPSA) is 111 Å². The number of carbonyl (C=O) groups is 4. The maximum absolute atomic E-state index is 12.0. The fourth-order valence-corrected chi connectivity index (χ4v) is 2.48. The molecule has 0 fully saturated rings. The first kappa shape index (κ1) is 22.6. The van der Waals surface area contributed by atoms with Gasteiger partial charge >= 0.3 is 5.97 Å². The van der Waals surface area contributed by atoms with Crippen LogP contribution >= 0.6 is 0 Å². The van der Waals surface area contributed by atoms with Crippen molar-refractivity contribution in [1.82, 2.24) is 0 Å². The number of carbonyl (C=O) groups excluding carboxylic acids is 4. The van der Waals surface area contributed by atoms with Gasteiger partial charge in [-0.3, -0.25) is 19.2 Å². The summed E-state index contributed by atoms with van der Waals surface area (Å²) in [5.41, 5.74) is 1.54. The highest BCUT2D eigenvalue weighted by Gasteiger charge is 2.12. The Balaban J connectivity index is 1.72. The predicted molar refractivity (Wildman–Crippen MR) is 112 cm³/mol. The summed E-state index contributed by atoms with van der Waals surface area (Å²) < 4.78 is 10.3. The number of amides is 2. The Kier molecular flexibility index (Phi) is 8.56. The molecule has 0 unspecified atom stereocenters. The number of hydrogen-bond acceptors (Lipinski definition) is 6. The zero-order chi connectivity index (χ0) is 21.9. The van der Waals surface area contributed by atoms with E-state index in [1.54, 1.807) is 48.5 Å². The monoisotopic (exact) mass is 412 g/mol. The van der Waals surface area contributed by atoms with Crippen LogP contribution < -0.4 is 15.4 Å². The summed E-state index contributed by atoms with van der Waals surface area (Å²) in [6, 6.07) is 13.4. The van der Waals surface area contributed by atoms with Crippen molar-refractivity contribution in [3.8, 4) is 5.75 Å². The van der Waals surface area contributed by atoms with Crippen molar-refractivity contribution in [3.63, 3.8) is 0 Å². The third-order valence-electron chi connectivity index (χ3n) is 3.96. The maximum Gasteiger partial charge on any atom is 0.306 e. The molecule has 0 saturated heterocycles. The Labute approximate surface area is 174 Å². The van der Waals surface area contributed by atoms with E-state index in [0.717, 1.165) is 0 Å². The molecular formula is C22H24N2O6. The van der Waals surface area contributed by atoms with Crippen molar-refractivity contribution in [2.45, 2.75) is 26.7 Å². The maximum atomic E-state index is 12.0. The second-order valence-corrected chi connectivity index (χ2v) is 6.32. The average molecular weight is 412 g/mol. The van der Waals surface area contributed by atoms with E-state index in [1.807, 2.05) is 6.92 Å². The molecule has 0 aromatic heterocycles. The van der Waals surface area contributed by atoms with Gasteiger partial charge in [0, 0.05) is 17.7 Å². The van der Waals surface area contributed by atoms with E-state index in [4.69, 9.17) is 9.47 Å². The molecule has 0 radical (unpaired) electrons. The summed E-state index contributed by atoms with van der Waals surface area (Å²) in [5, 5.41) is 5.24. The highest BCUT2D eigenvalue weighted by molar-refractivity contribution is 5.96. The van der Waals surface area contributed by atoms with Gasteiger partial charge in [0.2, 0.25) is 5.91 Å². The molecule has 2 amide bonds. The number of para-hydroxylation sites is 2. The van der Waals surface area contributed by atoms with Crippen molar-refractivity contribution >= 4 is 34.9 Å². The van der Waals surface area contributed by atoms with E-state index in [0.29, 0.717) is 29.3 Å². The molecule has 2 rings (SSSR count). The Morgan fingerprint density at radius 1 is 0.867 bits per heavy atom. The van der Waals surface area contributed by atoms with Crippen molar-refractivity contribution < 1.29 is 28.7 Å². The van der Waals surface area contributed by atoms with Crippen LogP contribution in [0.25, 0.3) is 0 Å². The van der Waals surface area contributed by atoms with Gasteiger partial charge in [0.25, 0.3) is 5.91 Å². The zero-order valence-corrected chi connectivity index (χ0v) is 16.9. The molecule has 2 N–H and O–H groups in total. The highest BCUT2D eigenvalue weighted by Crippen LogP contribution is 2.23. The zero-order valence-electron chi connectivity index (χ0n) is 16.9. The first-order chi connectivity index (χ1) is 14.4. The van der Waals surface area contributed by atoms with Gasteiger partial charge in [0.05, 0.1) is 18.7 Å². The van der Waals surface area contributed by atoms with Crippen molar-refractivity contribution in [1.29, 1.82) is 0 Å². The molecule has 0 bridgehead atoms. The Bertz CT molecular complexity index is 908. The summed E-state index contributed by atoms with van der Waals surface area (Å²) in [6.45, 7) is 3.27. The molecule has 0 heterocycles. The summed E-state index contributed by atoms with van der Waals surface area (Å²) >= 11 is 0. The smallest absolute Gasteiger partial charge is 0.306 e. The van der Waals surface area contributed by atoms with Gasteiger partial charge in [-0.1, -0.05) is 12.1 Å². The summed E-state index contributed by atoms with van der Waals surface area (Å²) in [7, 11) is 0. The van der Waals surface area contributed by atoms with Gasteiger partial charge in [-0.25, -0.2) is 0 Å². The quantitative estimate of drug-likeness (QED) is 0.458. The highest BCUT2D eigenvalue weighted by atomic mass is 16.5. The largest absolute Gasteiger partial charge is 0.492 e. The first-order valence-electron chi connectivity index (χ1n) is 9.47. The van der Waals surface area contributed by atoms with Crippen LogP contribution in [-0.2, 0) is 19.1 Å². The lowest BCUT2D eigenvalue weighted by Gasteiger charge is -2.11. The number of anilines is 2. The molecule has 0 aliphatic rings. The van der Waals surface area contributed by atoms with Crippen LogP contribution in [0.15, 0.2) is 48.5 Å². The summed E-state index contributed by atoms with van der Waals surface area (Å²) in [6.07, 6.45) is -0.262. The van der Waals surface area contributed by atoms with Crippen molar-refractivity contribution in [2.75, 3.05) is 23.8 Å². The van der Waals surface area contributed by atoms with E-state index in [2.05, 4.69) is 10.6 Å². The van der Waals surface area contributed by atoms with Gasteiger partial charge in [-0.05, 0) is 50.2 Å². The molecule has 0 atom stereocenters. The molecule has 2 aromatic rings. The molecule has 0 saturated carbocycles. The molecule has 30 heavy (non-hydrogen) atoms. The minimum atomic E-state index is -0.662. The molecule has 0 spiro atoms. The minimum absolute atomic E-state index is 0.0685. The standard InChI is InChI=1S/C22H24N2O6/c1-3-29-19-7-5-4-6-18(19)24-21(27)14-30-22(28)13-12-20(26)23-17-10-8-16(9-11-17)15(2)25/h4-11H,3,12-14H2,1-2H3,(H,23,26)(H,24,27). The van der Waals surface area contributed by atoms with Crippen LogP contribution in [0.5, 0.6) is 5.75 Å². The van der Waals surface area contributed by atoms with Crippen LogP contribution in [0, 0.1) is 0 Å². The first-order valence-corrected chi connectivity index (χ1v) is 9.47. The fourth-order valence-electron chi connectivity index (χ4n) is 2.48. The van der Waals surface area contributed by atoms with Gasteiger partial charge in [-0.15, -0.1) is 0 Å². The van der Waals surface area contributed by atoms with Crippen molar-refractivity contribution in [2.24, 2.45) is 0 Å². The lowest BCUT2D eigenvalue weighted by Crippen LogP contribution is -2.22. The summed E-state index contributed by atoms with van der Waals surface area (Å²) in [5.74, 6) is -1.10. The molecule has 8 nitrogen and oxygen atoms in total. The van der Waals surface area contributed by atoms with E-state index < -0.39 is 18.5 Å². The van der Waals surface area contributed by atoms with Crippen LogP contribution in [0.3, 0.4) is 0 Å². The van der Waals surface area contributed by atoms with Crippen LogP contribution in [0.1, 0.15) is 37.0 Å². The number of rotatable bonds is 10.